The van der Waals surface area contributed by atoms with Crippen LogP contribution in [-0.2, 0) is 16.1 Å². The molecule has 0 unspecified atom stereocenters. The van der Waals surface area contributed by atoms with Gasteiger partial charge in [0.25, 0.3) is 0 Å². The Hall–Kier alpha value is -1.17. The van der Waals surface area contributed by atoms with Crippen molar-refractivity contribution in [3.8, 4) is 0 Å². The van der Waals surface area contributed by atoms with Crippen LogP contribution in [0, 0.1) is 0 Å². The van der Waals surface area contributed by atoms with Gasteiger partial charge < -0.3 is 9.30 Å². The molecule has 0 aliphatic heterocycles. The highest BCUT2D eigenvalue weighted by molar-refractivity contribution is 7.16. The van der Waals surface area contributed by atoms with Gasteiger partial charge >= 0.3 is 0 Å². The van der Waals surface area contributed by atoms with E-state index in [9.17, 15) is 4.79 Å². The molecular weight excluding hydrogens is 296 g/mol. The van der Waals surface area contributed by atoms with Crippen LogP contribution in [0.15, 0.2) is 23.2 Å². The molecule has 0 spiro atoms. The second-order valence-electron chi connectivity index (χ2n) is 4.40. The molecule has 0 N–H and O–H groups in total. The zero-order valence-electron chi connectivity index (χ0n) is 11.6. The molecule has 1 amide bonds. The Bertz CT molecular complexity index is 675. The molecule has 0 atom stereocenters. The van der Waals surface area contributed by atoms with Crippen molar-refractivity contribution in [2.75, 3.05) is 13.7 Å². The Morgan fingerprint density at radius 2 is 2.30 bits per heavy atom. The number of benzene rings is 1. The zero-order valence-corrected chi connectivity index (χ0v) is 13.1. The summed E-state index contributed by atoms with van der Waals surface area (Å²) in [6.45, 7) is 3.21. The van der Waals surface area contributed by atoms with Gasteiger partial charge in [-0.1, -0.05) is 29.9 Å². The Morgan fingerprint density at radius 3 is 3.00 bits per heavy atom. The molecule has 2 aromatic rings. The highest BCUT2D eigenvalue weighted by Gasteiger charge is 2.08. The number of carbonyl (C=O) groups excluding carboxylic acids is 1. The average Bonchev–Trinajstić information content (AvgIpc) is 2.73. The molecule has 2 rings (SSSR count). The van der Waals surface area contributed by atoms with Crippen LogP contribution in [-0.4, -0.2) is 24.2 Å². The van der Waals surface area contributed by atoms with Crippen molar-refractivity contribution in [2.45, 2.75) is 26.3 Å². The lowest BCUT2D eigenvalue weighted by Gasteiger charge is -2.04. The highest BCUT2D eigenvalue weighted by atomic mass is 35.5. The molecule has 4 nitrogen and oxygen atoms in total. The maximum absolute atomic E-state index is 11.8. The minimum atomic E-state index is -0.0867. The van der Waals surface area contributed by atoms with E-state index < -0.39 is 0 Å². The van der Waals surface area contributed by atoms with Gasteiger partial charge in [0, 0.05) is 25.1 Å². The van der Waals surface area contributed by atoms with E-state index in [-0.39, 0.29) is 5.91 Å². The van der Waals surface area contributed by atoms with Crippen molar-refractivity contribution >= 4 is 39.1 Å². The fourth-order valence-electron chi connectivity index (χ4n) is 1.91. The van der Waals surface area contributed by atoms with Crippen molar-refractivity contribution in [2.24, 2.45) is 4.99 Å². The number of ether oxygens (including phenoxy) is 1. The second-order valence-corrected chi connectivity index (χ2v) is 5.84. The van der Waals surface area contributed by atoms with Crippen LogP contribution in [0.5, 0.6) is 0 Å². The summed E-state index contributed by atoms with van der Waals surface area (Å²) in [5.41, 5.74) is 1.03. The Morgan fingerprint density at radius 1 is 1.50 bits per heavy atom. The van der Waals surface area contributed by atoms with Gasteiger partial charge in [-0.15, -0.1) is 0 Å². The molecule has 0 saturated heterocycles. The van der Waals surface area contributed by atoms with E-state index in [1.54, 1.807) is 7.11 Å². The third kappa shape index (κ3) is 3.48. The predicted octanol–water partition coefficient (Wildman–Crippen LogP) is 3.23. The molecule has 1 heterocycles. The summed E-state index contributed by atoms with van der Waals surface area (Å²) in [4.78, 5) is 16.7. The quantitative estimate of drug-likeness (QED) is 0.850. The van der Waals surface area contributed by atoms with Crippen LogP contribution >= 0.6 is 22.9 Å². The molecule has 6 heteroatoms. The summed E-state index contributed by atoms with van der Waals surface area (Å²) >= 11 is 7.49. The Kier molecular flexibility index (Phi) is 5.34. The summed E-state index contributed by atoms with van der Waals surface area (Å²) in [6.07, 6.45) is 1.27. The van der Waals surface area contributed by atoms with Crippen LogP contribution in [0.2, 0.25) is 5.02 Å². The molecule has 0 bridgehead atoms. The summed E-state index contributed by atoms with van der Waals surface area (Å²) in [5.74, 6) is -0.0867. The molecule has 0 radical (unpaired) electrons. The molecule has 0 fully saturated rings. The smallest absolute Gasteiger partial charge is 0.248 e. The average molecular weight is 313 g/mol. The van der Waals surface area contributed by atoms with E-state index in [1.165, 1.54) is 11.3 Å². The van der Waals surface area contributed by atoms with Crippen LogP contribution in [0.3, 0.4) is 0 Å². The van der Waals surface area contributed by atoms with Crippen molar-refractivity contribution in [3.05, 3.63) is 28.0 Å². The molecule has 0 saturated carbocycles. The third-order valence-corrected chi connectivity index (χ3v) is 4.12. The van der Waals surface area contributed by atoms with E-state index in [0.29, 0.717) is 29.4 Å². The van der Waals surface area contributed by atoms with Crippen LogP contribution in [0.4, 0.5) is 0 Å². The lowest BCUT2D eigenvalue weighted by molar-refractivity contribution is -0.118. The summed E-state index contributed by atoms with van der Waals surface area (Å²) in [5, 5.41) is 0.684. The second kappa shape index (κ2) is 7.02. The monoisotopic (exact) mass is 312 g/mol. The summed E-state index contributed by atoms with van der Waals surface area (Å²) in [7, 11) is 1.66. The maximum atomic E-state index is 11.8. The molecule has 20 heavy (non-hydrogen) atoms. The number of nitrogens with zero attached hydrogens (tertiary/aromatic N) is 2. The fraction of sp³-hybridized carbons (Fsp3) is 0.429. The van der Waals surface area contributed by atoms with Crippen LogP contribution in [0.1, 0.15) is 19.8 Å². The van der Waals surface area contributed by atoms with E-state index in [4.69, 9.17) is 16.3 Å². The van der Waals surface area contributed by atoms with Crippen LogP contribution in [0.25, 0.3) is 10.2 Å². The fourth-order valence-corrected chi connectivity index (χ4v) is 3.26. The first-order valence-electron chi connectivity index (χ1n) is 6.51. The molecule has 0 aliphatic carbocycles. The van der Waals surface area contributed by atoms with Gasteiger partial charge in [-0.2, -0.15) is 4.99 Å². The maximum Gasteiger partial charge on any atom is 0.248 e. The number of fused-ring (bicyclic) bond motifs is 1. The molecular formula is C14H17ClN2O2S. The zero-order chi connectivity index (χ0) is 14.5. The number of amides is 1. The van der Waals surface area contributed by atoms with Crippen molar-refractivity contribution in [3.63, 3.8) is 0 Å². The van der Waals surface area contributed by atoms with Crippen LogP contribution < -0.4 is 4.80 Å². The molecule has 0 aliphatic rings. The van der Waals surface area contributed by atoms with Crippen molar-refractivity contribution in [1.82, 2.24) is 4.57 Å². The summed E-state index contributed by atoms with van der Waals surface area (Å²) in [6, 6.07) is 5.69. The van der Waals surface area contributed by atoms with Gasteiger partial charge in [-0.3, -0.25) is 4.79 Å². The van der Waals surface area contributed by atoms with E-state index in [0.717, 1.165) is 16.6 Å². The van der Waals surface area contributed by atoms with Gasteiger partial charge in [-0.05, 0) is 24.6 Å². The van der Waals surface area contributed by atoms with Gasteiger partial charge in [0.05, 0.1) is 16.8 Å². The standard InChI is InChI=1S/C14H17ClN2O2S/c1-3-4-13(18)16-14-17(7-8-19-2)11-6-5-10(15)9-12(11)20-14/h5-6,9H,3-4,7-8H2,1-2H3. The number of thiazole rings is 1. The lowest BCUT2D eigenvalue weighted by atomic mass is 10.3. The third-order valence-electron chi connectivity index (χ3n) is 2.85. The van der Waals surface area contributed by atoms with Gasteiger partial charge in [0.1, 0.15) is 0 Å². The largest absolute Gasteiger partial charge is 0.383 e. The minimum absolute atomic E-state index is 0.0867. The topological polar surface area (TPSA) is 43.6 Å². The first-order chi connectivity index (χ1) is 9.65. The SMILES string of the molecule is CCCC(=O)N=c1sc2cc(Cl)ccc2n1CCOC. The summed E-state index contributed by atoms with van der Waals surface area (Å²) < 4.78 is 8.16. The van der Waals surface area contributed by atoms with E-state index in [1.807, 2.05) is 29.7 Å². The number of rotatable bonds is 5. The first kappa shape index (κ1) is 15.2. The Balaban J connectivity index is 2.53. The minimum Gasteiger partial charge on any atom is -0.383 e. The van der Waals surface area contributed by atoms with Gasteiger partial charge in [0.2, 0.25) is 5.91 Å². The van der Waals surface area contributed by atoms with Gasteiger partial charge in [-0.25, -0.2) is 0 Å². The van der Waals surface area contributed by atoms with Crippen molar-refractivity contribution in [1.29, 1.82) is 0 Å². The molecule has 1 aromatic carbocycles. The number of hydrogen-bond donors (Lipinski definition) is 0. The number of hydrogen-bond acceptors (Lipinski definition) is 3. The van der Waals surface area contributed by atoms with Crippen molar-refractivity contribution < 1.29 is 9.53 Å². The number of aromatic nitrogens is 1. The number of halogens is 1. The highest BCUT2D eigenvalue weighted by Crippen LogP contribution is 2.21. The molecule has 108 valence electrons. The van der Waals surface area contributed by atoms with Gasteiger partial charge in [0.15, 0.2) is 4.80 Å². The first-order valence-corrected chi connectivity index (χ1v) is 7.70. The number of methoxy groups -OCH3 is 1. The number of carbonyl (C=O) groups is 1. The molecule has 1 aromatic heterocycles. The Labute approximate surface area is 126 Å². The predicted molar refractivity (Wildman–Crippen MR) is 82.2 cm³/mol. The lowest BCUT2D eigenvalue weighted by Crippen LogP contribution is -2.19. The normalized spacial score (nSPS) is 12.2. The van der Waals surface area contributed by atoms with E-state index in [2.05, 4.69) is 4.99 Å². The van der Waals surface area contributed by atoms with E-state index >= 15 is 0 Å².